The zero-order chi connectivity index (χ0) is 22.2. The van der Waals surface area contributed by atoms with E-state index in [2.05, 4.69) is 5.10 Å². The first-order chi connectivity index (χ1) is 14.0. The van der Waals surface area contributed by atoms with Crippen molar-refractivity contribution in [1.29, 1.82) is 0 Å². The number of halogens is 4. The Labute approximate surface area is 166 Å². The maximum Gasteiger partial charge on any atom is 0.433 e. The van der Waals surface area contributed by atoms with Crippen molar-refractivity contribution in [3.8, 4) is 17.0 Å². The highest BCUT2D eigenvalue weighted by atomic mass is 19.4. The second-order valence-corrected chi connectivity index (χ2v) is 6.24. The number of hydrogen-bond acceptors (Lipinski definition) is 6. The van der Waals surface area contributed by atoms with Crippen LogP contribution < -0.4 is 15.1 Å². The minimum atomic E-state index is -4.83. The van der Waals surface area contributed by atoms with Crippen LogP contribution in [-0.4, -0.2) is 41.4 Å². The van der Waals surface area contributed by atoms with Crippen molar-refractivity contribution in [2.45, 2.75) is 13.1 Å². The van der Waals surface area contributed by atoms with Crippen LogP contribution in [0.2, 0.25) is 0 Å². The van der Waals surface area contributed by atoms with E-state index in [4.69, 9.17) is 9.47 Å². The first-order valence-corrected chi connectivity index (χ1v) is 8.61. The number of ether oxygens (including phenoxy) is 2. The van der Waals surface area contributed by atoms with E-state index in [1.54, 1.807) is 6.92 Å². The SMILES string of the molecule is CCOC(=O)CN1C(=O)COc2cc(F)c(-c3nn(C)c(C(F)(F)F)cc3=O)cc21. The number of alkyl halides is 3. The molecule has 0 fully saturated rings. The molecule has 2 heterocycles. The second-order valence-electron chi connectivity index (χ2n) is 6.24. The van der Waals surface area contributed by atoms with E-state index in [9.17, 15) is 31.9 Å². The van der Waals surface area contributed by atoms with Gasteiger partial charge in [0.2, 0.25) is 5.43 Å². The lowest BCUT2D eigenvalue weighted by atomic mass is 10.1. The van der Waals surface area contributed by atoms with Crippen molar-refractivity contribution in [2.75, 3.05) is 24.7 Å². The molecule has 0 saturated carbocycles. The molecule has 0 aliphatic carbocycles. The fourth-order valence-electron chi connectivity index (χ4n) is 2.90. The molecule has 160 valence electrons. The van der Waals surface area contributed by atoms with E-state index < -0.39 is 59.4 Å². The molecule has 1 aliphatic heterocycles. The van der Waals surface area contributed by atoms with Crippen LogP contribution in [0.15, 0.2) is 23.0 Å². The van der Waals surface area contributed by atoms with Gasteiger partial charge in [0, 0.05) is 24.7 Å². The van der Waals surface area contributed by atoms with Crippen molar-refractivity contribution < 1.29 is 36.6 Å². The molecule has 1 aliphatic rings. The molecule has 0 atom stereocenters. The van der Waals surface area contributed by atoms with Crippen molar-refractivity contribution in [3.63, 3.8) is 0 Å². The average molecular weight is 429 g/mol. The standard InChI is InChI=1S/C18H15F4N3O5/c1-3-29-16(28)7-25-11-4-9(10(19)5-13(11)30-8-15(25)27)17-12(26)6-14(18(20,21)22)24(2)23-17/h4-6H,3,7-8H2,1-2H3. The number of nitrogens with zero attached hydrogens (tertiary/aromatic N) is 3. The maximum absolute atomic E-state index is 14.6. The first-order valence-electron chi connectivity index (χ1n) is 8.61. The molecule has 0 N–H and O–H groups in total. The van der Waals surface area contributed by atoms with Gasteiger partial charge < -0.3 is 9.47 Å². The highest BCUT2D eigenvalue weighted by molar-refractivity contribution is 6.02. The number of esters is 1. The Balaban J connectivity index is 2.12. The normalized spacial score (nSPS) is 13.7. The summed E-state index contributed by atoms with van der Waals surface area (Å²) < 4.78 is 63.9. The molecule has 1 aromatic heterocycles. The van der Waals surface area contributed by atoms with Gasteiger partial charge in [0.1, 0.15) is 29.5 Å². The Kier molecular flexibility index (Phi) is 5.51. The molecule has 0 radical (unpaired) electrons. The fraction of sp³-hybridized carbons (Fsp3) is 0.333. The summed E-state index contributed by atoms with van der Waals surface area (Å²) >= 11 is 0. The highest BCUT2D eigenvalue weighted by Gasteiger charge is 2.35. The number of fused-ring (bicyclic) bond motifs is 1. The number of rotatable bonds is 4. The third-order valence-electron chi connectivity index (χ3n) is 4.23. The third-order valence-corrected chi connectivity index (χ3v) is 4.23. The van der Waals surface area contributed by atoms with Crippen LogP contribution in [0.3, 0.4) is 0 Å². The smallest absolute Gasteiger partial charge is 0.433 e. The number of carbonyl (C=O) groups is 2. The summed E-state index contributed by atoms with van der Waals surface area (Å²) in [6, 6.07) is 2.20. The first kappa shape index (κ1) is 21.3. The molecule has 1 aromatic carbocycles. The Morgan fingerprint density at radius 1 is 1.27 bits per heavy atom. The fourth-order valence-corrected chi connectivity index (χ4v) is 2.90. The molecular formula is C18H15F4N3O5. The quantitative estimate of drug-likeness (QED) is 0.545. The summed E-state index contributed by atoms with van der Waals surface area (Å²) in [7, 11) is 0.960. The lowest BCUT2D eigenvalue weighted by molar-refractivity contribution is -0.144. The van der Waals surface area contributed by atoms with Gasteiger partial charge in [-0.15, -0.1) is 0 Å². The van der Waals surface area contributed by atoms with Gasteiger partial charge in [-0.3, -0.25) is 24.0 Å². The highest BCUT2D eigenvalue weighted by Crippen LogP contribution is 2.37. The van der Waals surface area contributed by atoms with Gasteiger partial charge in [0.15, 0.2) is 6.61 Å². The van der Waals surface area contributed by atoms with Crippen LogP contribution in [-0.2, 0) is 27.5 Å². The van der Waals surface area contributed by atoms with Crippen LogP contribution in [0.25, 0.3) is 11.3 Å². The Morgan fingerprint density at radius 3 is 2.60 bits per heavy atom. The Morgan fingerprint density at radius 2 is 1.97 bits per heavy atom. The molecule has 2 aromatic rings. The predicted molar refractivity (Wildman–Crippen MR) is 94.4 cm³/mol. The van der Waals surface area contributed by atoms with Crippen LogP contribution >= 0.6 is 0 Å². The summed E-state index contributed by atoms with van der Waals surface area (Å²) in [5.41, 5.74) is -3.56. The summed E-state index contributed by atoms with van der Waals surface area (Å²) in [6.45, 7) is 0.703. The van der Waals surface area contributed by atoms with Crippen molar-refractivity contribution in [1.82, 2.24) is 9.78 Å². The van der Waals surface area contributed by atoms with Crippen molar-refractivity contribution >= 4 is 17.6 Å². The molecule has 3 rings (SSSR count). The van der Waals surface area contributed by atoms with Gasteiger partial charge >= 0.3 is 12.1 Å². The van der Waals surface area contributed by atoms with Crippen LogP contribution in [0, 0.1) is 5.82 Å². The van der Waals surface area contributed by atoms with E-state index in [-0.39, 0.29) is 18.0 Å². The van der Waals surface area contributed by atoms with Crippen LogP contribution in [0.4, 0.5) is 23.2 Å². The molecule has 30 heavy (non-hydrogen) atoms. The molecule has 0 bridgehead atoms. The number of aromatic nitrogens is 2. The van der Waals surface area contributed by atoms with Crippen LogP contribution in [0.1, 0.15) is 12.6 Å². The molecule has 0 spiro atoms. The number of benzene rings is 1. The minimum Gasteiger partial charge on any atom is -0.481 e. The number of hydrogen-bond donors (Lipinski definition) is 0. The molecule has 0 saturated heterocycles. The number of aryl methyl sites for hydroxylation is 1. The summed E-state index contributed by atoms with van der Waals surface area (Å²) in [5.74, 6) is -2.43. The molecule has 1 amide bonds. The molecule has 12 heteroatoms. The molecule has 0 unspecified atom stereocenters. The lowest BCUT2D eigenvalue weighted by Gasteiger charge is -2.29. The summed E-state index contributed by atoms with van der Waals surface area (Å²) in [5, 5.41) is 3.56. The van der Waals surface area contributed by atoms with E-state index in [1.165, 1.54) is 0 Å². The minimum absolute atomic E-state index is 0.0422. The van der Waals surface area contributed by atoms with E-state index in [0.717, 1.165) is 24.1 Å². The average Bonchev–Trinajstić information content (AvgIpc) is 2.65. The van der Waals surface area contributed by atoms with Gasteiger partial charge in [-0.1, -0.05) is 0 Å². The van der Waals surface area contributed by atoms with E-state index >= 15 is 0 Å². The van der Waals surface area contributed by atoms with Crippen molar-refractivity contribution in [2.24, 2.45) is 7.05 Å². The van der Waals surface area contributed by atoms with Gasteiger partial charge in [-0.2, -0.15) is 18.3 Å². The maximum atomic E-state index is 14.6. The van der Waals surface area contributed by atoms with Gasteiger partial charge in [0.25, 0.3) is 5.91 Å². The number of amides is 1. The van der Waals surface area contributed by atoms with Gasteiger partial charge in [0.05, 0.1) is 12.3 Å². The zero-order valence-electron chi connectivity index (χ0n) is 15.7. The second kappa shape index (κ2) is 7.76. The number of anilines is 1. The monoisotopic (exact) mass is 429 g/mol. The van der Waals surface area contributed by atoms with Gasteiger partial charge in [-0.25, -0.2) is 4.39 Å². The Hall–Kier alpha value is -3.44. The molecular weight excluding hydrogens is 414 g/mol. The lowest BCUT2D eigenvalue weighted by Crippen LogP contribution is -2.42. The third kappa shape index (κ3) is 3.98. The van der Waals surface area contributed by atoms with E-state index in [0.29, 0.717) is 10.7 Å². The van der Waals surface area contributed by atoms with Gasteiger partial charge in [-0.05, 0) is 13.0 Å². The summed E-state index contributed by atoms with van der Waals surface area (Å²) in [6.07, 6.45) is -4.83. The molecule has 8 nitrogen and oxygen atoms in total. The topological polar surface area (TPSA) is 90.7 Å². The van der Waals surface area contributed by atoms with Crippen LogP contribution in [0.5, 0.6) is 5.75 Å². The predicted octanol–water partition coefficient (Wildman–Crippen LogP) is 1.89. The van der Waals surface area contributed by atoms with Crippen molar-refractivity contribution in [3.05, 3.63) is 39.9 Å². The Bertz CT molecular complexity index is 1080. The summed E-state index contributed by atoms with van der Waals surface area (Å²) in [4.78, 5) is 37.2. The van der Waals surface area contributed by atoms with E-state index in [1.807, 2.05) is 0 Å². The zero-order valence-corrected chi connectivity index (χ0v) is 15.7. The number of carbonyl (C=O) groups excluding carboxylic acids is 2. The largest absolute Gasteiger partial charge is 0.481 e.